The lowest BCUT2D eigenvalue weighted by molar-refractivity contribution is 1.15. The van der Waals surface area contributed by atoms with Crippen LogP contribution >= 0.6 is 15.9 Å². The topological polar surface area (TPSA) is 25.8 Å². The molecule has 9 heavy (non-hydrogen) atoms. The Kier molecular flexibility index (Phi) is 1.95. The molecule has 46 valence electrons. The van der Waals surface area contributed by atoms with Crippen LogP contribution in [-0.4, -0.2) is 9.97 Å². The molecular weight excluding hydrogens is 180 g/mol. The van der Waals surface area contributed by atoms with Gasteiger partial charge in [-0.2, -0.15) is 0 Å². The normalized spacial score (nSPS) is 9.00. The summed E-state index contributed by atoms with van der Waals surface area (Å²) in [5.41, 5.74) is 0.824. The Morgan fingerprint density at radius 2 is 2.44 bits per heavy atom. The third kappa shape index (κ3) is 1.61. The molecule has 0 aliphatic carbocycles. The maximum absolute atomic E-state index is 3.92. The fraction of sp³-hybridized carbons (Fsp3) is 0. The highest BCUT2D eigenvalue weighted by molar-refractivity contribution is 9.15. The van der Waals surface area contributed by atoms with Crippen LogP contribution in [0.1, 0.15) is 5.69 Å². The van der Waals surface area contributed by atoms with Gasteiger partial charge in [0.05, 0.1) is 5.69 Å². The van der Waals surface area contributed by atoms with Gasteiger partial charge in [0.15, 0.2) is 0 Å². The molecule has 3 heteroatoms. The molecule has 2 nitrogen and oxygen atoms in total. The van der Waals surface area contributed by atoms with Crippen molar-refractivity contribution in [3.05, 3.63) is 30.9 Å². The molecule has 1 aromatic rings. The van der Waals surface area contributed by atoms with Crippen LogP contribution in [0.25, 0.3) is 4.48 Å². The van der Waals surface area contributed by atoms with Crippen LogP contribution in [-0.2, 0) is 0 Å². The summed E-state index contributed by atoms with van der Waals surface area (Å²) in [5, 5.41) is 0. The van der Waals surface area contributed by atoms with Crippen LogP contribution in [0.2, 0.25) is 0 Å². The summed E-state index contributed by atoms with van der Waals surface area (Å²) in [6.45, 7) is 3.65. The van der Waals surface area contributed by atoms with Gasteiger partial charge in [-0.25, -0.2) is 9.97 Å². The summed E-state index contributed by atoms with van der Waals surface area (Å²) in [6.07, 6.45) is 3.16. The van der Waals surface area contributed by atoms with Crippen LogP contribution in [0.3, 0.4) is 0 Å². The molecule has 0 saturated carbocycles. The van der Waals surface area contributed by atoms with Gasteiger partial charge in [-0.15, -0.1) is 0 Å². The van der Waals surface area contributed by atoms with E-state index < -0.39 is 0 Å². The van der Waals surface area contributed by atoms with Gasteiger partial charge >= 0.3 is 0 Å². The molecule has 0 aromatic carbocycles. The zero-order chi connectivity index (χ0) is 6.69. The van der Waals surface area contributed by atoms with E-state index in [9.17, 15) is 0 Å². The second-order valence-electron chi connectivity index (χ2n) is 1.50. The fourth-order valence-electron chi connectivity index (χ4n) is 0.451. The van der Waals surface area contributed by atoms with Crippen molar-refractivity contribution in [3.63, 3.8) is 0 Å². The van der Waals surface area contributed by atoms with Crippen LogP contribution in [0.5, 0.6) is 0 Å². The lowest BCUT2D eigenvalue weighted by atomic mass is 10.4. The van der Waals surface area contributed by atoms with E-state index in [4.69, 9.17) is 0 Å². The van der Waals surface area contributed by atoms with Crippen molar-refractivity contribution in [1.82, 2.24) is 9.97 Å². The van der Waals surface area contributed by atoms with Crippen LogP contribution in [0.15, 0.2) is 25.2 Å². The molecule has 0 fully saturated rings. The van der Waals surface area contributed by atoms with Gasteiger partial charge in [0.25, 0.3) is 0 Å². The highest BCUT2D eigenvalue weighted by Gasteiger charge is 1.90. The standard InChI is InChI=1S/C6H5BrN2/c1-5(7)6-2-3-8-4-9-6/h2-4H,1H2. The molecule has 1 aromatic heterocycles. The van der Waals surface area contributed by atoms with E-state index >= 15 is 0 Å². The Balaban J connectivity index is 2.98. The SMILES string of the molecule is C=C(Br)c1ccncn1. The molecule has 1 heterocycles. The summed E-state index contributed by atoms with van der Waals surface area (Å²) in [5.74, 6) is 0. The first-order valence-corrected chi connectivity index (χ1v) is 3.21. The second kappa shape index (κ2) is 2.73. The van der Waals surface area contributed by atoms with Crippen molar-refractivity contribution in [2.45, 2.75) is 0 Å². The van der Waals surface area contributed by atoms with Crippen molar-refractivity contribution >= 4 is 20.4 Å². The van der Waals surface area contributed by atoms with Gasteiger partial charge in [-0.05, 0) is 22.0 Å². The molecule has 0 radical (unpaired) electrons. The van der Waals surface area contributed by atoms with Gasteiger partial charge in [0, 0.05) is 10.7 Å². The second-order valence-corrected chi connectivity index (χ2v) is 2.46. The number of aromatic nitrogens is 2. The first kappa shape index (κ1) is 6.42. The lowest BCUT2D eigenvalue weighted by Crippen LogP contribution is -1.81. The molecule has 0 atom stereocenters. The molecule has 0 amide bonds. The smallest absolute Gasteiger partial charge is 0.116 e. The summed E-state index contributed by atoms with van der Waals surface area (Å²) in [7, 11) is 0. The zero-order valence-corrected chi connectivity index (χ0v) is 6.30. The molecular formula is C6H5BrN2. The Morgan fingerprint density at radius 3 is 2.78 bits per heavy atom. The highest BCUT2D eigenvalue weighted by Crippen LogP contribution is 2.13. The first-order chi connectivity index (χ1) is 4.30. The van der Waals surface area contributed by atoms with Crippen LogP contribution < -0.4 is 0 Å². The minimum Gasteiger partial charge on any atom is -0.245 e. The van der Waals surface area contributed by atoms with Crippen molar-refractivity contribution in [3.8, 4) is 0 Å². The number of hydrogen-bond acceptors (Lipinski definition) is 2. The van der Waals surface area contributed by atoms with Crippen molar-refractivity contribution in [1.29, 1.82) is 0 Å². The Bertz CT molecular complexity index is 208. The van der Waals surface area contributed by atoms with Gasteiger partial charge in [-0.3, -0.25) is 0 Å². The minimum absolute atomic E-state index is 0.782. The molecule has 0 spiro atoms. The molecule has 1 rings (SSSR count). The Morgan fingerprint density at radius 1 is 1.67 bits per heavy atom. The molecule has 0 bridgehead atoms. The predicted octanol–water partition coefficient (Wildman–Crippen LogP) is 1.84. The van der Waals surface area contributed by atoms with Crippen molar-refractivity contribution < 1.29 is 0 Å². The molecule has 0 aliphatic heterocycles. The summed E-state index contributed by atoms with van der Waals surface area (Å²) < 4.78 is 0.782. The van der Waals surface area contributed by atoms with Crippen LogP contribution in [0.4, 0.5) is 0 Å². The molecule has 0 aliphatic rings. The van der Waals surface area contributed by atoms with Crippen molar-refractivity contribution in [2.24, 2.45) is 0 Å². The molecule has 0 unspecified atom stereocenters. The van der Waals surface area contributed by atoms with Crippen molar-refractivity contribution in [2.75, 3.05) is 0 Å². The Labute approximate surface area is 61.8 Å². The monoisotopic (exact) mass is 184 g/mol. The average molecular weight is 185 g/mol. The van der Waals surface area contributed by atoms with E-state index in [-0.39, 0.29) is 0 Å². The third-order valence-electron chi connectivity index (χ3n) is 0.860. The van der Waals surface area contributed by atoms with E-state index in [1.807, 2.05) is 0 Å². The molecule has 0 N–H and O–H groups in total. The van der Waals surface area contributed by atoms with Gasteiger partial charge in [-0.1, -0.05) is 6.58 Å². The lowest BCUT2D eigenvalue weighted by Gasteiger charge is -1.91. The van der Waals surface area contributed by atoms with E-state index in [2.05, 4.69) is 32.5 Å². The average Bonchev–Trinajstić information content (AvgIpc) is 1.90. The van der Waals surface area contributed by atoms with Gasteiger partial charge in [0.1, 0.15) is 6.33 Å². The van der Waals surface area contributed by atoms with Crippen LogP contribution in [0, 0.1) is 0 Å². The molecule has 0 saturated heterocycles. The maximum atomic E-state index is 3.92. The number of hydrogen-bond donors (Lipinski definition) is 0. The highest BCUT2D eigenvalue weighted by atomic mass is 79.9. The van der Waals surface area contributed by atoms with E-state index in [1.165, 1.54) is 6.33 Å². The van der Waals surface area contributed by atoms with Gasteiger partial charge in [0.2, 0.25) is 0 Å². The van der Waals surface area contributed by atoms with E-state index in [0.717, 1.165) is 10.2 Å². The fourth-order valence-corrected chi connectivity index (χ4v) is 0.686. The summed E-state index contributed by atoms with van der Waals surface area (Å²) in [6, 6.07) is 1.79. The quantitative estimate of drug-likeness (QED) is 0.666. The number of nitrogens with zero attached hydrogens (tertiary/aromatic N) is 2. The number of rotatable bonds is 1. The van der Waals surface area contributed by atoms with E-state index in [1.54, 1.807) is 12.3 Å². The maximum Gasteiger partial charge on any atom is 0.116 e. The predicted molar refractivity (Wildman–Crippen MR) is 40.0 cm³/mol. The first-order valence-electron chi connectivity index (χ1n) is 2.41. The Hall–Kier alpha value is -0.700. The largest absolute Gasteiger partial charge is 0.245 e. The minimum atomic E-state index is 0.782. The summed E-state index contributed by atoms with van der Waals surface area (Å²) >= 11 is 3.20. The summed E-state index contributed by atoms with van der Waals surface area (Å²) in [4.78, 5) is 7.68. The van der Waals surface area contributed by atoms with Gasteiger partial charge < -0.3 is 0 Å². The number of halogens is 1. The van der Waals surface area contributed by atoms with E-state index in [0.29, 0.717) is 0 Å². The third-order valence-corrected chi connectivity index (χ3v) is 1.27. The zero-order valence-electron chi connectivity index (χ0n) is 4.71.